The molecule has 0 saturated carbocycles. The molecule has 8 heteroatoms. The van der Waals surface area contributed by atoms with Gasteiger partial charge in [0, 0.05) is 37.3 Å². The highest BCUT2D eigenvalue weighted by atomic mass is 32.2. The van der Waals surface area contributed by atoms with Crippen LogP contribution in [0.4, 0.5) is 4.79 Å². The van der Waals surface area contributed by atoms with Crippen LogP contribution in [-0.4, -0.2) is 37.0 Å². The minimum Gasteiger partial charge on any atom is -0.323 e. The molecule has 2 aromatic rings. The monoisotopic (exact) mass is 387 g/mol. The lowest BCUT2D eigenvalue weighted by Crippen LogP contribution is -2.52. The van der Waals surface area contributed by atoms with Gasteiger partial charge in [0.15, 0.2) is 0 Å². The summed E-state index contributed by atoms with van der Waals surface area (Å²) in [5.41, 5.74) is 1.83. The van der Waals surface area contributed by atoms with E-state index in [1.807, 2.05) is 13.0 Å². The highest BCUT2D eigenvalue weighted by Gasteiger charge is 2.37. The van der Waals surface area contributed by atoms with Gasteiger partial charge in [0.25, 0.3) is 15.6 Å². The molecule has 142 valence electrons. The zero-order valence-electron chi connectivity index (χ0n) is 15.0. The minimum atomic E-state index is -3.91. The number of carbonyl (C=O) groups excluding carboxylic acids is 1. The molecule has 1 saturated heterocycles. The lowest BCUT2D eigenvalue weighted by molar-refractivity contribution is 0.134. The Labute approximate surface area is 157 Å². The van der Waals surface area contributed by atoms with Gasteiger partial charge in [-0.2, -0.15) is 0 Å². The number of rotatable bonds is 2. The first kappa shape index (κ1) is 17.8. The average Bonchev–Trinajstić information content (AvgIpc) is 2.62. The van der Waals surface area contributed by atoms with E-state index in [2.05, 4.69) is 4.72 Å². The average molecular weight is 387 g/mol. The highest BCUT2D eigenvalue weighted by Crippen LogP contribution is 2.34. The molecule has 0 aliphatic carbocycles. The van der Waals surface area contributed by atoms with Crippen molar-refractivity contribution in [2.45, 2.75) is 30.7 Å². The number of sulfonamides is 1. The summed E-state index contributed by atoms with van der Waals surface area (Å²) in [6.07, 6.45) is 0.901. The van der Waals surface area contributed by atoms with Gasteiger partial charge in [-0.05, 0) is 37.5 Å². The summed E-state index contributed by atoms with van der Waals surface area (Å²) in [5, 5.41) is 0. The van der Waals surface area contributed by atoms with Crippen LogP contribution in [0.25, 0.3) is 0 Å². The van der Waals surface area contributed by atoms with E-state index in [0.717, 1.165) is 17.7 Å². The van der Waals surface area contributed by atoms with Crippen molar-refractivity contribution in [1.82, 2.24) is 14.2 Å². The lowest BCUT2D eigenvalue weighted by Gasteiger charge is -2.42. The van der Waals surface area contributed by atoms with E-state index in [4.69, 9.17) is 0 Å². The zero-order chi connectivity index (χ0) is 19.2. The molecule has 1 fully saturated rings. The Hall–Kier alpha value is -2.61. The number of hydrogen-bond acceptors (Lipinski definition) is 4. The standard InChI is InChI=1S/C19H21N3O4S/c1-13-5-7-16(8-6-13)27(25,26)20-19(24)21-10-14-9-15(12-21)17-3-2-4-18(23)22(17)11-14/h2-8,14-15H,9-12H2,1H3,(H,20,24). The van der Waals surface area contributed by atoms with Crippen LogP contribution in [-0.2, 0) is 16.6 Å². The number of pyridine rings is 1. The zero-order valence-corrected chi connectivity index (χ0v) is 15.8. The normalized spacial score (nSPS) is 21.4. The second-order valence-electron chi connectivity index (χ2n) is 7.33. The van der Waals surface area contributed by atoms with Gasteiger partial charge in [0.2, 0.25) is 0 Å². The maximum absolute atomic E-state index is 12.6. The maximum Gasteiger partial charge on any atom is 0.331 e. The molecule has 2 unspecified atom stereocenters. The number of hydrogen-bond donors (Lipinski definition) is 1. The molecule has 2 aliphatic rings. The van der Waals surface area contributed by atoms with Crippen LogP contribution in [0.15, 0.2) is 52.2 Å². The van der Waals surface area contributed by atoms with Crippen LogP contribution in [0.3, 0.4) is 0 Å². The number of aromatic nitrogens is 1. The van der Waals surface area contributed by atoms with Crippen molar-refractivity contribution in [3.05, 3.63) is 64.1 Å². The Morgan fingerprint density at radius 1 is 1.07 bits per heavy atom. The molecule has 1 aromatic carbocycles. The number of aryl methyl sites for hydroxylation is 1. The molecule has 0 spiro atoms. The number of fused-ring (bicyclic) bond motifs is 4. The Morgan fingerprint density at radius 3 is 2.56 bits per heavy atom. The number of likely N-dealkylation sites (tertiary alicyclic amines) is 1. The van der Waals surface area contributed by atoms with Gasteiger partial charge in [-0.3, -0.25) is 4.79 Å². The largest absolute Gasteiger partial charge is 0.331 e. The van der Waals surface area contributed by atoms with E-state index in [0.29, 0.717) is 19.6 Å². The quantitative estimate of drug-likeness (QED) is 0.849. The topological polar surface area (TPSA) is 88.5 Å². The van der Waals surface area contributed by atoms with E-state index in [9.17, 15) is 18.0 Å². The number of nitrogens with zero attached hydrogens (tertiary/aromatic N) is 2. The number of benzene rings is 1. The summed E-state index contributed by atoms with van der Waals surface area (Å²) in [5.74, 6) is 0.184. The molecule has 4 rings (SSSR count). The molecule has 2 amide bonds. The Morgan fingerprint density at radius 2 is 1.81 bits per heavy atom. The Kier molecular flexibility index (Phi) is 4.30. The van der Waals surface area contributed by atoms with Crippen molar-refractivity contribution in [2.75, 3.05) is 13.1 Å². The van der Waals surface area contributed by atoms with Gasteiger partial charge in [-0.15, -0.1) is 0 Å². The molecule has 2 atom stereocenters. The fraction of sp³-hybridized carbons (Fsp3) is 0.368. The molecule has 1 aromatic heterocycles. The van der Waals surface area contributed by atoms with E-state index < -0.39 is 16.1 Å². The molecule has 2 bridgehead atoms. The maximum atomic E-state index is 12.6. The predicted octanol–water partition coefficient (Wildman–Crippen LogP) is 1.67. The van der Waals surface area contributed by atoms with Crippen molar-refractivity contribution in [2.24, 2.45) is 5.92 Å². The molecule has 2 aliphatic heterocycles. The fourth-order valence-corrected chi connectivity index (χ4v) is 4.99. The van der Waals surface area contributed by atoms with Crippen LogP contribution < -0.4 is 10.3 Å². The Bertz CT molecular complexity index is 1040. The van der Waals surface area contributed by atoms with Crippen LogP contribution >= 0.6 is 0 Å². The van der Waals surface area contributed by atoms with Crippen LogP contribution in [0.2, 0.25) is 0 Å². The summed E-state index contributed by atoms with van der Waals surface area (Å²) in [7, 11) is -3.91. The molecule has 27 heavy (non-hydrogen) atoms. The third-order valence-corrected chi connectivity index (χ3v) is 6.66. The third kappa shape index (κ3) is 3.37. The smallest absolute Gasteiger partial charge is 0.323 e. The number of piperidine rings is 1. The molecule has 0 radical (unpaired) electrons. The van der Waals surface area contributed by atoms with Crippen molar-refractivity contribution in [1.29, 1.82) is 0 Å². The van der Waals surface area contributed by atoms with Gasteiger partial charge in [0.05, 0.1) is 4.90 Å². The number of carbonyl (C=O) groups is 1. The summed E-state index contributed by atoms with van der Waals surface area (Å²) in [6.45, 7) is 3.26. The van der Waals surface area contributed by atoms with Crippen molar-refractivity contribution in [3.63, 3.8) is 0 Å². The minimum absolute atomic E-state index is 0.0259. The van der Waals surface area contributed by atoms with Crippen LogP contribution in [0.1, 0.15) is 23.6 Å². The molecular formula is C19H21N3O4S. The van der Waals surface area contributed by atoms with Crippen molar-refractivity contribution < 1.29 is 13.2 Å². The van der Waals surface area contributed by atoms with Gasteiger partial charge in [-0.25, -0.2) is 17.9 Å². The SMILES string of the molecule is Cc1ccc(S(=O)(=O)NC(=O)N2CC3CC(C2)c2cccc(=O)n2C3)cc1. The number of nitrogens with one attached hydrogen (secondary N) is 1. The number of amides is 2. The van der Waals surface area contributed by atoms with Gasteiger partial charge in [-0.1, -0.05) is 23.8 Å². The molecule has 7 nitrogen and oxygen atoms in total. The first-order valence-corrected chi connectivity index (χ1v) is 10.4. The van der Waals surface area contributed by atoms with Gasteiger partial charge in [0.1, 0.15) is 0 Å². The molecular weight excluding hydrogens is 366 g/mol. The second-order valence-corrected chi connectivity index (χ2v) is 9.01. The van der Waals surface area contributed by atoms with Crippen molar-refractivity contribution >= 4 is 16.1 Å². The molecule has 3 heterocycles. The van der Waals surface area contributed by atoms with Gasteiger partial charge < -0.3 is 9.47 Å². The predicted molar refractivity (Wildman–Crippen MR) is 100 cm³/mol. The van der Waals surface area contributed by atoms with E-state index >= 15 is 0 Å². The highest BCUT2D eigenvalue weighted by molar-refractivity contribution is 7.90. The van der Waals surface area contributed by atoms with Crippen LogP contribution in [0, 0.1) is 12.8 Å². The second kappa shape index (κ2) is 6.53. The third-order valence-electron chi connectivity index (χ3n) is 5.32. The molecule has 1 N–H and O–H groups in total. The van der Waals surface area contributed by atoms with E-state index in [1.165, 1.54) is 12.1 Å². The van der Waals surface area contributed by atoms with Crippen molar-refractivity contribution in [3.8, 4) is 0 Å². The summed E-state index contributed by atoms with van der Waals surface area (Å²) < 4.78 is 28.9. The van der Waals surface area contributed by atoms with Gasteiger partial charge >= 0.3 is 6.03 Å². The Balaban J connectivity index is 1.53. The summed E-state index contributed by atoms with van der Waals surface area (Å²) in [4.78, 5) is 26.3. The summed E-state index contributed by atoms with van der Waals surface area (Å²) >= 11 is 0. The first-order valence-electron chi connectivity index (χ1n) is 8.91. The van der Waals surface area contributed by atoms with E-state index in [1.54, 1.807) is 33.7 Å². The van der Waals surface area contributed by atoms with E-state index in [-0.39, 0.29) is 22.3 Å². The summed E-state index contributed by atoms with van der Waals surface area (Å²) in [6, 6.07) is 10.9. The fourth-order valence-electron chi connectivity index (χ4n) is 4.02. The number of urea groups is 1. The van der Waals surface area contributed by atoms with Crippen LogP contribution in [0.5, 0.6) is 0 Å². The lowest BCUT2D eigenvalue weighted by atomic mass is 9.83. The first-order chi connectivity index (χ1) is 12.8.